The van der Waals surface area contributed by atoms with Crippen LogP contribution in [-0.4, -0.2) is 114 Å². The number of nitrogens with zero attached hydrogens (tertiary/aromatic N) is 5. The highest BCUT2D eigenvalue weighted by atomic mass is 16.5. The Balaban J connectivity index is 0.713. The van der Waals surface area contributed by atoms with E-state index in [4.69, 9.17) is 4.74 Å². The number of piperidine rings is 1. The van der Waals surface area contributed by atoms with E-state index in [2.05, 4.69) is 92.5 Å². The maximum absolute atomic E-state index is 13.9. The van der Waals surface area contributed by atoms with Gasteiger partial charge in [-0.25, -0.2) is 0 Å². The summed E-state index contributed by atoms with van der Waals surface area (Å²) in [7, 11) is 0. The first kappa shape index (κ1) is 38.1. The van der Waals surface area contributed by atoms with Crippen LogP contribution >= 0.6 is 0 Å². The number of rotatable bonds is 6. The SMILES string of the molecule is C[C@]12CN(C(=O)CN3CCN4c5cc6c(cc5OC[C@@H]4C3)C(=O)N(C3CCC(=O)NC3=O)C6)C[C@H]1CN(c1ccc([C@@H]3c4ccc(O)cc4CC[C@@H]3c3ccccc3)cc1)C2. The maximum atomic E-state index is 13.9. The van der Waals surface area contributed by atoms with Gasteiger partial charge in [0, 0.05) is 87.3 Å². The minimum absolute atomic E-state index is 0.0199. The number of likely N-dealkylation sites (tertiary alicyclic amines) is 1. The predicted octanol–water partition coefficient (Wildman–Crippen LogP) is 4.88. The number of ether oxygens (including phenoxy) is 1. The molecule has 4 amide bonds. The minimum atomic E-state index is -0.656. The summed E-state index contributed by atoms with van der Waals surface area (Å²) in [5, 5.41) is 12.7. The van der Waals surface area contributed by atoms with Crippen molar-refractivity contribution in [3.05, 3.63) is 118 Å². The molecule has 7 aliphatic rings. The van der Waals surface area contributed by atoms with Gasteiger partial charge in [-0.05, 0) is 89.4 Å². The molecule has 6 aliphatic heterocycles. The van der Waals surface area contributed by atoms with Crippen molar-refractivity contribution in [1.82, 2.24) is 20.0 Å². The van der Waals surface area contributed by atoms with E-state index in [1.807, 2.05) is 24.3 Å². The van der Waals surface area contributed by atoms with Crippen LogP contribution in [0.3, 0.4) is 0 Å². The number of carbonyl (C=O) groups is 4. The standard InChI is InChI=1S/C49H52N6O6/c1-49-28-52(35-10-7-31(8-11-35)46-38(30-5-3-2-4-6-30)13-9-32-19-37(56)12-14-39(32)46)23-34(49)24-53(29-49)45(58)26-51-17-18-54-36(25-51)27-61-43-21-40-33(20-42(43)54)22-55(48(40)60)41-15-16-44(57)50-47(41)59/h2-8,10-12,14,19-21,34,36,38,41,46,56H,9,13,15-18,22-29H2,1H3,(H,50,57,59)/t34-,36+,38-,41?,46+,49+/m1/s1. The highest BCUT2D eigenvalue weighted by molar-refractivity contribution is 6.06. The first-order valence-corrected chi connectivity index (χ1v) is 22.0. The molecule has 0 spiro atoms. The zero-order chi connectivity index (χ0) is 41.6. The van der Waals surface area contributed by atoms with Gasteiger partial charge in [0.15, 0.2) is 0 Å². The van der Waals surface area contributed by atoms with Crippen LogP contribution in [-0.2, 0) is 27.3 Å². The summed E-state index contributed by atoms with van der Waals surface area (Å²) in [5.74, 6) is 1.26. The number of anilines is 2. The molecule has 12 nitrogen and oxygen atoms in total. The number of piperazine rings is 1. The molecule has 4 fully saturated rings. The highest BCUT2D eigenvalue weighted by Gasteiger charge is 2.51. The van der Waals surface area contributed by atoms with Crippen LogP contribution in [0.2, 0.25) is 0 Å². The molecule has 0 bridgehead atoms. The van der Waals surface area contributed by atoms with Crippen molar-refractivity contribution in [2.75, 3.05) is 68.8 Å². The Bertz CT molecular complexity index is 2440. The monoisotopic (exact) mass is 820 g/mol. The number of phenolic OH excluding ortho intramolecular Hbond substituents is 1. The van der Waals surface area contributed by atoms with Crippen molar-refractivity contribution < 1.29 is 29.0 Å². The van der Waals surface area contributed by atoms with Gasteiger partial charge in [-0.2, -0.15) is 0 Å². The lowest BCUT2D eigenvalue weighted by Crippen LogP contribution is -2.58. The fraction of sp³-hybridized carbons (Fsp3) is 0.429. The van der Waals surface area contributed by atoms with Crippen LogP contribution in [0.15, 0.2) is 84.9 Å². The van der Waals surface area contributed by atoms with Crippen LogP contribution < -0.4 is 19.9 Å². The topological polar surface area (TPSA) is 126 Å². The lowest BCUT2D eigenvalue weighted by atomic mass is 9.69. The molecule has 4 aromatic rings. The molecule has 2 N–H and O–H groups in total. The summed E-state index contributed by atoms with van der Waals surface area (Å²) in [5.41, 5.74) is 8.82. The van der Waals surface area contributed by atoms with Crippen molar-refractivity contribution >= 4 is 35.0 Å². The quantitative estimate of drug-likeness (QED) is 0.262. The summed E-state index contributed by atoms with van der Waals surface area (Å²) in [4.78, 5) is 62.4. The highest BCUT2D eigenvalue weighted by Crippen LogP contribution is 2.49. The van der Waals surface area contributed by atoms with Crippen LogP contribution in [0.5, 0.6) is 11.5 Å². The van der Waals surface area contributed by atoms with Crippen LogP contribution in [0.1, 0.15) is 76.2 Å². The van der Waals surface area contributed by atoms with Gasteiger partial charge in [0.2, 0.25) is 17.7 Å². The summed E-state index contributed by atoms with van der Waals surface area (Å²) < 4.78 is 6.25. The summed E-state index contributed by atoms with van der Waals surface area (Å²) >= 11 is 0. The van der Waals surface area contributed by atoms with Gasteiger partial charge in [-0.3, -0.25) is 29.4 Å². The van der Waals surface area contributed by atoms with Crippen molar-refractivity contribution in [2.24, 2.45) is 11.3 Å². The van der Waals surface area contributed by atoms with E-state index in [-0.39, 0.29) is 41.5 Å². The lowest BCUT2D eigenvalue weighted by Gasteiger charge is -2.45. The van der Waals surface area contributed by atoms with Gasteiger partial charge < -0.3 is 29.4 Å². The number of nitrogens with one attached hydrogen (secondary N) is 1. The molecule has 12 heteroatoms. The molecule has 4 aromatic carbocycles. The molecule has 1 unspecified atom stereocenters. The van der Waals surface area contributed by atoms with Crippen molar-refractivity contribution in [3.63, 3.8) is 0 Å². The van der Waals surface area contributed by atoms with Crippen LogP contribution in [0, 0.1) is 11.3 Å². The molecule has 61 heavy (non-hydrogen) atoms. The molecule has 314 valence electrons. The van der Waals surface area contributed by atoms with Gasteiger partial charge in [-0.15, -0.1) is 0 Å². The van der Waals surface area contributed by atoms with E-state index >= 15 is 0 Å². The lowest BCUT2D eigenvalue weighted by molar-refractivity contribution is -0.137. The van der Waals surface area contributed by atoms with Crippen LogP contribution in [0.25, 0.3) is 0 Å². The number of phenols is 1. The molecular weight excluding hydrogens is 769 g/mol. The van der Waals surface area contributed by atoms with Gasteiger partial charge in [-0.1, -0.05) is 55.5 Å². The Hall–Kier alpha value is -5.88. The van der Waals surface area contributed by atoms with Crippen molar-refractivity contribution in [1.29, 1.82) is 0 Å². The number of hydrogen-bond acceptors (Lipinski definition) is 9. The fourth-order valence-corrected chi connectivity index (χ4v) is 11.8. The molecule has 6 atom stereocenters. The third kappa shape index (κ3) is 6.61. The third-order valence-corrected chi connectivity index (χ3v) is 15.0. The Kier molecular flexibility index (Phi) is 9.14. The first-order chi connectivity index (χ1) is 29.6. The van der Waals surface area contributed by atoms with Gasteiger partial charge in [0.05, 0.1) is 18.3 Å². The van der Waals surface area contributed by atoms with E-state index in [1.54, 1.807) is 4.90 Å². The predicted molar refractivity (Wildman–Crippen MR) is 230 cm³/mol. The molecule has 11 rings (SSSR count). The zero-order valence-corrected chi connectivity index (χ0v) is 34.6. The summed E-state index contributed by atoms with van der Waals surface area (Å²) in [6.07, 6.45) is 2.54. The van der Waals surface area contributed by atoms with Gasteiger partial charge >= 0.3 is 0 Å². The third-order valence-electron chi connectivity index (χ3n) is 15.0. The summed E-state index contributed by atoms with van der Waals surface area (Å²) in [6.45, 7) is 9.11. The van der Waals surface area contributed by atoms with Crippen molar-refractivity contribution in [3.8, 4) is 11.5 Å². The van der Waals surface area contributed by atoms with E-state index in [9.17, 15) is 24.3 Å². The number of hydrogen-bond donors (Lipinski definition) is 2. The van der Waals surface area contributed by atoms with E-state index in [0.717, 1.165) is 63.4 Å². The second-order valence-electron chi connectivity index (χ2n) is 18.8. The van der Waals surface area contributed by atoms with Gasteiger partial charge in [0.25, 0.3) is 5.91 Å². The first-order valence-electron chi connectivity index (χ1n) is 22.0. The average Bonchev–Trinajstić information content (AvgIpc) is 3.88. The summed E-state index contributed by atoms with van der Waals surface area (Å²) in [6, 6.07) is 29.2. The Morgan fingerprint density at radius 3 is 2.49 bits per heavy atom. The number of amides is 4. The van der Waals surface area contributed by atoms with E-state index in [1.165, 1.54) is 27.9 Å². The molecule has 6 heterocycles. The number of aromatic hydroxyl groups is 1. The van der Waals surface area contributed by atoms with E-state index < -0.39 is 11.9 Å². The molecule has 0 aromatic heterocycles. The Morgan fingerprint density at radius 1 is 0.852 bits per heavy atom. The molecule has 1 aliphatic carbocycles. The minimum Gasteiger partial charge on any atom is -0.508 e. The fourth-order valence-electron chi connectivity index (χ4n) is 11.8. The average molecular weight is 821 g/mol. The Labute approximate surface area is 356 Å². The smallest absolute Gasteiger partial charge is 0.255 e. The molecule has 0 radical (unpaired) electrons. The maximum Gasteiger partial charge on any atom is 0.255 e. The number of aryl methyl sites for hydroxylation is 1. The molecule has 4 saturated heterocycles. The molecular formula is C49H52N6O6. The number of imide groups is 1. The number of carbonyl (C=O) groups excluding carboxylic acids is 4. The van der Waals surface area contributed by atoms with Gasteiger partial charge in [0.1, 0.15) is 24.1 Å². The second-order valence-corrected chi connectivity index (χ2v) is 18.8. The van der Waals surface area contributed by atoms with E-state index in [0.29, 0.717) is 61.6 Å². The van der Waals surface area contributed by atoms with Crippen LogP contribution in [0.4, 0.5) is 11.4 Å². The number of benzene rings is 4. The number of fused-ring (bicyclic) bond motifs is 6. The second kappa shape index (κ2) is 14.6. The largest absolute Gasteiger partial charge is 0.508 e. The zero-order valence-electron chi connectivity index (χ0n) is 34.6. The Morgan fingerprint density at radius 2 is 1.69 bits per heavy atom. The normalized spacial score (nSPS) is 28.1. The van der Waals surface area contributed by atoms with Crippen molar-refractivity contribution in [2.45, 2.75) is 63.1 Å². The molecule has 0 saturated carbocycles.